The van der Waals surface area contributed by atoms with E-state index < -0.39 is 6.61 Å². The first-order valence-corrected chi connectivity index (χ1v) is 9.98. The fraction of sp³-hybridized carbons (Fsp3) is 0.435. The van der Waals surface area contributed by atoms with Crippen LogP contribution >= 0.6 is 0 Å². The third-order valence-corrected chi connectivity index (χ3v) is 6.08. The van der Waals surface area contributed by atoms with Crippen LogP contribution in [0.15, 0.2) is 42.5 Å². The molecule has 4 rings (SSSR count). The van der Waals surface area contributed by atoms with E-state index in [4.69, 9.17) is 5.11 Å². The van der Waals surface area contributed by atoms with Gasteiger partial charge in [0.15, 0.2) is 0 Å². The Bertz CT molecular complexity index is 816. The van der Waals surface area contributed by atoms with Crippen molar-refractivity contribution in [3.63, 3.8) is 0 Å². The number of likely N-dealkylation sites (tertiary alicyclic amines) is 1. The number of amides is 1. The predicted octanol–water partition coefficient (Wildman–Crippen LogP) is 3.21. The molecule has 142 valence electrons. The lowest BCUT2D eigenvalue weighted by atomic mass is 9.99. The van der Waals surface area contributed by atoms with Gasteiger partial charge in [0, 0.05) is 25.7 Å². The van der Waals surface area contributed by atoms with Crippen LogP contribution in [0, 0.1) is 0 Å². The van der Waals surface area contributed by atoms with Crippen LogP contribution in [-0.4, -0.2) is 46.6 Å². The standard InChI is InChI=1S/C23H28N2O2/c1-17-3-2-11-24(17)12-10-18-4-6-19(7-5-18)20-8-9-21-14-25(23(27)16-26)15-22(21)13-20/h4-9,13,17,26H,2-3,10-12,14-16H2,1H3/t17-/m1/s1. The van der Waals surface area contributed by atoms with E-state index in [1.807, 2.05) is 0 Å². The molecule has 1 saturated heterocycles. The summed E-state index contributed by atoms with van der Waals surface area (Å²) in [6.07, 6.45) is 3.77. The quantitative estimate of drug-likeness (QED) is 0.886. The van der Waals surface area contributed by atoms with Gasteiger partial charge in [-0.2, -0.15) is 0 Å². The van der Waals surface area contributed by atoms with E-state index in [1.165, 1.54) is 47.2 Å². The van der Waals surface area contributed by atoms with Crippen LogP contribution in [0.25, 0.3) is 11.1 Å². The third kappa shape index (κ3) is 3.92. The van der Waals surface area contributed by atoms with Gasteiger partial charge in [-0.05, 0) is 66.6 Å². The number of carbonyl (C=O) groups is 1. The zero-order valence-corrected chi connectivity index (χ0v) is 16.0. The van der Waals surface area contributed by atoms with Gasteiger partial charge in [0.1, 0.15) is 6.61 Å². The normalized spacial score (nSPS) is 19.5. The van der Waals surface area contributed by atoms with Gasteiger partial charge in [-0.15, -0.1) is 0 Å². The number of aliphatic hydroxyl groups excluding tert-OH is 1. The third-order valence-electron chi connectivity index (χ3n) is 6.08. The molecule has 0 saturated carbocycles. The van der Waals surface area contributed by atoms with E-state index in [-0.39, 0.29) is 5.91 Å². The highest BCUT2D eigenvalue weighted by atomic mass is 16.3. The number of carbonyl (C=O) groups excluding carboxylic acids is 1. The molecule has 2 heterocycles. The maximum atomic E-state index is 11.7. The smallest absolute Gasteiger partial charge is 0.248 e. The highest BCUT2D eigenvalue weighted by molar-refractivity contribution is 5.78. The zero-order chi connectivity index (χ0) is 18.8. The second-order valence-corrected chi connectivity index (χ2v) is 7.87. The second-order valence-electron chi connectivity index (χ2n) is 7.87. The lowest BCUT2D eigenvalue weighted by Gasteiger charge is -2.20. The average Bonchev–Trinajstić information content (AvgIpc) is 3.31. The van der Waals surface area contributed by atoms with Gasteiger partial charge in [0.2, 0.25) is 5.91 Å². The van der Waals surface area contributed by atoms with Gasteiger partial charge in [-0.25, -0.2) is 0 Å². The SMILES string of the molecule is C[C@@H]1CCCN1CCc1ccc(-c2ccc3c(c2)CN(C(=O)CO)C3)cc1. The Kier molecular flexibility index (Phi) is 5.28. The molecule has 2 aliphatic rings. The summed E-state index contributed by atoms with van der Waals surface area (Å²) in [6, 6.07) is 16.0. The van der Waals surface area contributed by atoms with Crippen molar-refractivity contribution in [1.29, 1.82) is 0 Å². The minimum atomic E-state index is -0.418. The molecule has 0 aromatic heterocycles. The molecule has 2 aromatic rings. The number of hydrogen-bond donors (Lipinski definition) is 1. The molecule has 1 N–H and O–H groups in total. The van der Waals surface area contributed by atoms with Crippen LogP contribution in [-0.2, 0) is 24.3 Å². The van der Waals surface area contributed by atoms with Crippen molar-refractivity contribution in [2.24, 2.45) is 0 Å². The fourth-order valence-electron chi connectivity index (χ4n) is 4.31. The lowest BCUT2D eigenvalue weighted by molar-refractivity contribution is -0.134. The zero-order valence-electron chi connectivity index (χ0n) is 16.0. The van der Waals surface area contributed by atoms with E-state index in [0.29, 0.717) is 13.1 Å². The van der Waals surface area contributed by atoms with Gasteiger partial charge in [0.05, 0.1) is 0 Å². The minimum absolute atomic E-state index is 0.204. The molecule has 2 aliphatic heterocycles. The van der Waals surface area contributed by atoms with Crippen LogP contribution in [0.4, 0.5) is 0 Å². The Morgan fingerprint density at radius 1 is 1.07 bits per heavy atom. The van der Waals surface area contributed by atoms with Crippen molar-refractivity contribution in [3.05, 3.63) is 59.2 Å². The first-order chi connectivity index (χ1) is 13.1. The Labute approximate surface area is 161 Å². The lowest BCUT2D eigenvalue weighted by Crippen LogP contribution is -2.28. The van der Waals surface area contributed by atoms with Crippen LogP contribution in [0.5, 0.6) is 0 Å². The molecule has 1 atom stereocenters. The highest BCUT2D eigenvalue weighted by Crippen LogP contribution is 2.29. The summed E-state index contributed by atoms with van der Waals surface area (Å²) >= 11 is 0. The predicted molar refractivity (Wildman–Crippen MR) is 107 cm³/mol. The van der Waals surface area contributed by atoms with Gasteiger partial charge < -0.3 is 14.9 Å². The minimum Gasteiger partial charge on any atom is -0.387 e. The van der Waals surface area contributed by atoms with Gasteiger partial charge >= 0.3 is 0 Å². The van der Waals surface area contributed by atoms with E-state index in [0.717, 1.165) is 19.0 Å². The molecule has 0 radical (unpaired) electrons. The summed E-state index contributed by atoms with van der Waals surface area (Å²) in [7, 11) is 0. The van der Waals surface area contributed by atoms with Crippen LogP contribution in [0.2, 0.25) is 0 Å². The second kappa shape index (κ2) is 7.83. The molecule has 0 unspecified atom stereocenters. The number of aliphatic hydroxyl groups is 1. The van der Waals surface area contributed by atoms with Crippen molar-refractivity contribution in [1.82, 2.24) is 9.80 Å². The highest BCUT2D eigenvalue weighted by Gasteiger charge is 2.23. The van der Waals surface area contributed by atoms with Crippen molar-refractivity contribution < 1.29 is 9.90 Å². The van der Waals surface area contributed by atoms with E-state index in [9.17, 15) is 4.79 Å². The van der Waals surface area contributed by atoms with Crippen molar-refractivity contribution >= 4 is 5.91 Å². The molecule has 0 aliphatic carbocycles. The number of hydrogen-bond acceptors (Lipinski definition) is 3. The fourth-order valence-corrected chi connectivity index (χ4v) is 4.31. The van der Waals surface area contributed by atoms with Crippen molar-refractivity contribution in [2.45, 2.75) is 45.3 Å². The summed E-state index contributed by atoms with van der Waals surface area (Å²) in [6.45, 7) is 5.49. The summed E-state index contributed by atoms with van der Waals surface area (Å²) < 4.78 is 0. The summed E-state index contributed by atoms with van der Waals surface area (Å²) in [5.74, 6) is -0.204. The van der Waals surface area contributed by atoms with Crippen LogP contribution < -0.4 is 0 Å². The maximum absolute atomic E-state index is 11.7. The van der Waals surface area contributed by atoms with Gasteiger partial charge in [-0.1, -0.05) is 36.4 Å². The van der Waals surface area contributed by atoms with Crippen molar-refractivity contribution in [3.8, 4) is 11.1 Å². The van der Waals surface area contributed by atoms with Crippen molar-refractivity contribution in [2.75, 3.05) is 19.7 Å². The molecule has 4 nitrogen and oxygen atoms in total. The molecule has 2 aromatic carbocycles. The molecular formula is C23H28N2O2. The Balaban J connectivity index is 1.42. The first kappa shape index (κ1) is 18.2. The maximum Gasteiger partial charge on any atom is 0.248 e. The van der Waals surface area contributed by atoms with E-state index >= 15 is 0 Å². The largest absolute Gasteiger partial charge is 0.387 e. The van der Waals surface area contributed by atoms with Crippen LogP contribution in [0.1, 0.15) is 36.5 Å². The first-order valence-electron chi connectivity index (χ1n) is 9.98. The summed E-state index contributed by atoms with van der Waals surface area (Å²) in [4.78, 5) is 16.0. The number of rotatable bonds is 5. The van der Waals surface area contributed by atoms with E-state index in [1.54, 1.807) is 4.90 Å². The van der Waals surface area contributed by atoms with Gasteiger partial charge in [-0.3, -0.25) is 4.79 Å². The van der Waals surface area contributed by atoms with E-state index in [2.05, 4.69) is 54.3 Å². The molecule has 4 heteroatoms. The Morgan fingerprint density at radius 2 is 1.81 bits per heavy atom. The molecule has 1 fully saturated rings. The van der Waals surface area contributed by atoms with Gasteiger partial charge in [0.25, 0.3) is 0 Å². The number of fused-ring (bicyclic) bond motifs is 1. The molecule has 0 bridgehead atoms. The number of benzene rings is 2. The van der Waals surface area contributed by atoms with Crippen LogP contribution in [0.3, 0.4) is 0 Å². The Morgan fingerprint density at radius 3 is 2.52 bits per heavy atom. The number of nitrogens with zero attached hydrogens (tertiary/aromatic N) is 2. The molecule has 0 spiro atoms. The average molecular weight is 364 g/mol. The monoisotopic (exact) mass is 364 g/mol. The topological polar surface area (TPSA) is 43.8 Å². The summed E-state index contributed by atoms with van der Waals surface area (Å²) in [5, 5.41) is 9.07. The molecular weight excluding hydrogens is 336 g/mol. The summed E-state index contributed by atoms with van der Waals surface area (Å²) in [5.41, 5.74) is 6.15. The Hall–Kier alpha value is -2.17. The molecule has 27 heavy (non-hydrogen) atoms. The molecule has 1 amide bonds.